The number of fused-ring (bicyclic) bond motifs is 1. The van der Waals surface area contributed by atoms with E-state index in [2.05, 4.69) is 22.2 Å². The zero-order chi connectivity index (χ0) is 15.0. The van der Waals surface area contributed by atoms with Crippen molar-refractivity contribution in [1.82, 2.24) is 15.3 Å². The lowest BCUT2D eigenvalue weighted by Crippen LogP contribution is -2.46. The first kappa shape index (κ1) is 13.9. The quantitative estimate of drug-likeness (QED) is 0.831. The van der Waals surface area contributed by atoms with E-state index in [1.54, 1.807) is 0 Å². The number of benzene rings is 1. The molecule has 0 spiro atoms. The van der Waals surface area contributed by atoms with Gasteiger partial charge in [-0.3, -0.25) is 9.97 Å². The molecule has 21 heavy (non-hydrogen) atoms. The molecule has 1 saturated heterocycles. The van der Waals surface area contributed by atoms with Crippen LogP contribution in [0.1, 0.15) is 30.5 Å². The van der Waals surface area contributed by atoms with Crippen molar-refractivity contribution in [2.24, 2.45) is 11.7 Å². The Kier molecular flexibility index (Phi) is 3.53. The molecule has 0 aliphatic carbocycles. The Balaban J connectivity index is 2.19. The van der Waals surface area contributed by atoms with Gasteiger partial charge in [-0.05, 0) is 24.9 Å². The third kappa shape index (κ3) is 2.35. The number of halogens is 1. The molecule has 1 unspecified atom stereocenters. The first-order valence-electron chi connectivity index (χ1n) is 6.94. The summed E-state index contributed by atoms with van der Waals surface area (Å²) >= 11 is 0. The number of hydrogen-bond acceptors (Lipinski definition) is 5. The van der Waals surface area contributed by atoms with E-state index in [-0.39, 0.29) is 17.6 Å². The van der Waals surface area contributed by atoms with Gasteiger partial charge >= 0.3 is 0 Å². The molecule has 1 aliphatic rings. The molecule has 1 aromatic heterocycles. The van der Waals surface area contributed by atoms with E-state index >= 15 is 0 Å². The summed E-state index contributed by atoms with van der Waals surface area (Å²) in [5.41, 5.74) is 7.63. The van der Waals surface area contributed by atoms with Gasteiger partial charge in [0.05, 0.1) is 17.1 Å². The van der Waals surface area contributed by atoms with E-state index in [4.69, 9.17) is 11.0 Å². The predicted octanol–water partition coefficient (Wildman–Crippen LogP) is 1.64. The number of aromatic nitrogens is 2. The minimum Gasteiger partial charge on any atom is -0.326 e. The van der Waals surface area contributed by atoms with Gasteiger partial charge in [0.25, 0.3) is 0 Å². The number of nitriles is 1. The molecular formula is C15H16FN5. The van der Waals surface area contributed by atoms with Crippen LogP contribution in [0, 0.1) is 23.1 Å². The molecule has 1 aromatic carbocycles. The maximum absolute atomic E-state index is 14.5. The molecule has 5 nitrogen and oxygen atoms in total. The Hall–Kier alpha value is -2.10. The van der Waals surface area contributed by atoms with E-state index in [0.717, 1.165) is 13.0 Å². The van der Waals surface area contributed by atoms with E-state index < -0.39 is 5.82 Å². The molecule has 108 valence electrons. The number of piperidine rings is 1. The highest BCUT2D eigenvalue weighted by Gasteiger charge is 2.31. The van der Waals surface area contributed by atoms with Gasteiger partial charge in [0.15, 0.2) is 0 Å². The van der Waals surface area contributed by atoms with Crippen LogP contribution in [0.4, 0.5) is 4.39 Å². The van der Waals surface area contributed by atoms with Crippen LogP contribution in [0.2, 0.25) is 0 Å². The fraction of sp³-hybridized carbons (Fsp3) is 0.400. The van der Waals surface area contributed by atoms with E-state index in [0.29, 0.717) is 22.5 Å². The Morgan fingerprint density at radius 3 is 2.76 bits per heavy atom. The molecule has 1 aliphatic heterocycles. The van der Waals surface area contributed by atoms with Crippen molar-refractivity contribution in [3.63, 3.8) is 0 Å². The number of nitrogens with two attached hydrogens (primary N) is 1. The summed E-state index contributed by atoms with van der Waals surface area (Å²) in [7, 11) is 0. The van der Waals surface area contributed by atoms with Gasteiger partial charge in [-0.25, -0.2) is 4.39 Å². The topological polar surface area (TPSA) is 87.6 Å². The van der Waals surface area contributed by atoms with Crippen molar-refractivity contribution < 1.29 is 4.39 Å². The van der Waals surface area contributed by atoms with Gasteiger partial charge in [0.2, 0.25) is 0 Å². The first-order valence-corrected chi connectivity index (χ1v) is 6.94. The van der Waals surface area contributed by atoms with Gasteiger partial charge in [0.1, 0.15) is 17.4 Å². The zero-order valence-electron chi connectivity index (χ0n) is 11.7. The van der Waals surface area contributed by atoms with Gasteiger partial charge in [-0.15, -0.1) is 0 Å². The normalized spacial score (nSPS) is 25.7. The Bertz CT molecular complexity index is 724. The standard InChI is InChI=1S/C15H16FN5/c1-8-4-11(18)14(21-7-8)12-10(16)5-9(6-17)13-15(12)20-3-2-19-13/h2-3,5,8,11,14,21H,4,7,18H2,1H3/t8-,11+,14?/m0/s1. The number of nitrogens with one attached hydrogen (secondary N) is 1. The van der Waals surface area contributed by atoms with Crippen LogP contribution in [0.15, 0.2) is 18.5 Å². The summed E-state index contributed by atoms with van der Waals surface area (Å²) in [6, 6.07) is 2.68. The molecule has 3 atom stereocenters. The van der Waals surface area contributed by atoms with Crippen LogP contribution in [0.3, 0.4) is 0 Å². The molecule has 0 bridgehead atoms. The monoisotopic (exact) mass is 285 g/mol. The second kappa shape index (κ2) is 5.35. The fourth-order valence-electron chi connectivity index (χ4n) is 2.98. The van der Waals surface area contributed by atoms with Gasteiger partial charge in [-0.2, -0.15) is 5.26 Å². The molecule has 3 rings (SSSR count). The van der Waals surface area contributed by atoms with E-state index in [1.165, 1.54) is 18.5 Å². The first-order chi connectivity index (χ1) is 10.1. The smallest absolute Gasteiger partial charge is 0.131 e. The number of rotatable bonds is 1. The fourth-order valence-corrected chi connectivity index (χ4v) is 2.98. The second-order valence-electron chi connectivity index (χ2n) is 5.58. The zero-order valence-corrected chi connectivity index (χ0v) is 11.7. The van der Waals surface area contributed by atoms with E-state index in [9.17, 15) is 4.39 Å². The summed E-state index contributed by atoms with van der Waals surface area (Å²) < 4.78 is 14.5. The lowest BCUT2D eigenvalue weighted by Gasteiger charge is -2.34. The minimum atomic E-state index is -0.456. The van der Waals surface area contributed by atoms with Crippen molar-refractivity contribution in [2.45, 2.75) is 25.4 Å². The van der Waals surface area contributed by atoms with Crippen molar-refractivity contribution in [2.75, 3.05) is 6.54 Å². The Labute approximate surface area is 122 Å². The maximum atomic E-state index is 14.5. The van der Waals surface area contributed by atoms with Crippen molar-refractivity contribution >= 4 is 11.0 Å². The third-order valence-corrected chi connectivity index (χ3v) is 3.96. The largest absolute Gasteiger partial charge is 0.326 e. The lowest BCUT2D eigenvalue weighted by molar-refractivity contribution is 0.287. The highest BCUT2D eigenvalue weighted by atomic mass is 19.1. The van der Waals surface area contributed by atoms with Crippen molar-refractivity contribution in [3.05, 3.63) is 35.4 Å². The van der Waals surface area contributed by atoms with Gasteiger partial charge in [-0.1, -0.05) is 6.92 Å². The molecule has 2 heterocycles. The van der Waals surface area contributed by atoms with Gasteiger partial charge < -0.3 is 11.1 Å². The molecule has 6 heteroatoms. The Morgan fingerprint density at radius 1 is 1.38 bits per heavy atom. The van der Waals surface area contributed by atoms with Crippen molar-refractivity contribution in [1.29, 1.82) is 5.26 Å². The molecule has 3 N–H and O–H groups in total. The van der Waals surface area contributed by atoms with E-state index in [1.807, 2.05) is 6.07 Å². The predicted molar refractivity (Wildman–Crippen MR) is 76.7 cm³/mol. The summed E-state index contributed by atoms with van der Waals surface area (Å²) in [4.78, 5) is 8.40. The molecule has 0 amide bonds. The summed E-state index contributed by atoms with van der Waals surface area (Å²) in [5.74, 6) is -0.00269. The number of hydrogen-bond donors (Lipinski definition) is 2. The third-order valence-electron chi connectivity index (χ3n) is 3.96. The van der Waals surface area contributed by atoms with Gasteiger partial charge in [0, 0.05) is 24.0 Å². The second-order valence-corrected chi connectivity index (χ2v) is 5.58. The minimum absolute atomic E-state index is 0.192. The summed E-state index contributed by atoms with van der Waals surface area (Å²) in [5, 5.41) is 12.4. The molecule has 2 aromatic rings. The summed E-state index contributed by atoms with van der Waals surface area (Å²) in [6.45, 7) is 2.88. The van der Waals surface area contributed by atoms with Crippen LogP contribution in [0.25, 0.3) is 11.0 Å². The highest BCUT2D eigenvalue weighted by Crippen LogP contribution is 2.32. The molecule has 0 radical (unpaired) electrons. The Morgan fingerprint density at radius 2 is 2.10 bits per heavy atom. The summed E-state index contributed by atoms with van der Waals surface area (Å²) in [6.07, 6.45) is 3.82. The number of nitrogens with zero attached hydrogens (tertiary/aromatic N) is 3. The van der Waals surface area contributed by atoms with Crippen LogP contribution in [0.5, 0.6) is 0 Å². The van der Waals surface area contributed by atoms with Crippen LogP contribution in [-0.2, 0) is 0 Å². The molecular weight excluding hydrogens is 269 g/mol. The maximum Gasteiger partial charge on any atom is 0.131 e. The average Bonchev–Trinajstić information content (AvgIpc) is 2.48. The van der Waals surface area contributed by atoms with Crippen molar-refractivity contribution in [3.8, 4) is 6.07 Å². The molecule has 0 saturated carbocycles. The molecule has 1 fully saturated rings. The SMILES string of the molecule is C[C@@H]1CNC(c2c(F)cc(C#N)c3nccnc23)[C@H](N)C1. The highest BCUT2D eigenvalue weighted by molar-refractivity contribution is 5.84. The van der Waals surface area contributed by atoms with Crippen LogP contribution < -0.4 is 11.1 Å². The van der Waals surface area contributed by atoms with Crippen LogP contribution in [-0.4, -0.2) is 22.6 Å². The van der Waals surface area contributed by atoms with Crippen LogP contribution >= 0.6 is 0 Å². The average molecular weight is 285 g/mol. The lowest BCUT2D eigenvalue weighted by atomic mass is 9.86.